The Kier molecular flexibility index (Phi) is 6.07. The Balaban J connectivity index is 1.58. The van der Waals surface area contributed by atoms with Crippen molar-refractivity contribution in [1.82, 2.24) is 15.0 Å². The highest BCUT2D eigenvalue weighted by molar-refractivity contribution is 8.00. The van der Waals surface area contributed by atoms with Crippen molar-refractivity contribution in [2.45, 2.75) is 18.4 Å². The fourth-order valence-electron chi connectivity index (χ4n) is 2.87. The van der Waals surface area contributed by atoms with Crippen LogP contribution in [0.2, 0.25) is 0 Å². The Morgan fingerprint density at radius 3 is 2.59 bits per heavy atom. The fraction of sp³-hybridized carbons (Fsp3) is 0.136. The maximum atomic E-state index is 12.3. The number of aromatic nitrogens is 3. The van der Waals surface area contributed by atoms with Gasteiger partial charge in [-0.1, -0.05) is 73.3 Å². The molecule has 0 aliphatic heterocycles. The van der Waals surface area contributed by atoms with Gasteiger partial charge in [-0.2, -0.15) is 0 Å². The zero-order chi connectivity index (χ0) is 20.1. The predicted octanol–water partition coefficient (Wildman–Crippen LogP) is 5.49. The van der Waals surface area contributed by atoms with E-state index in [2.05, 4.69) is 46.5 Å². The summed E-state index contributed by atoms with van der Waals surface area (Å²) in [5.74, 6) is 0.966. The van der Waals surface area contributed by atoms with Gasteiger partial charge in [0.2, 0.25) is 5.91 Å². The minimum atomic E-state index is -0.0965. The van der Waals surface area contributed by atoms with Crippen LogP contribution in [0.4, 0.5) is 5.13 Å². The van der Waals surface area contributed by atoms with Crippen molar-refractivity contribution in [3.8, 4) is 22.6 Å². The van der Waals surface area contributed by atoms with Crippen molar-refractivity contribution in [1.29, 1.82) is 0 Å². The molecule has 4 rings (SSSR count). The smallest absolute Gasteiger partial charge is 0.236 e. The van der Waals surface area contributed by atoms with Crippen LogP contribution in [0.1, 0.15) is 12.5 Å². The Bertz CT molecular complexity index is 1070. The van der Waals surface area contributed by atoms with E-state index in [-0.39, 0.29) is 11.7 Å². The molecular formula is C22H20N4OS2. The van der Waals surface area contributed by atoms with Crippen molar-refractivity contribution >= 4 is 34.1 Å². The van der Waals surface area contributed by atoms with E-state index in [1.54, 1.807) is 6.20 Å². The van der Waals surface area contributed by atoms with Crippen molar-refractivity contribution in [2.24, 2.45) is 0 Å². The Morgan fingerprint density at radius 2 is 1.90 bits per heavy atom. The van der Waals surface area contributed by atoms with Gasteiger partial charge in [-0.3, -0.25) is 4.79 Å². The molecule has 7 heteroatoms. The number of carbonyl (C=O) groups is 1. The van der Waals surface area contributed by atoms with E-state index in [1.807, 2.05) is 35.7 Å². The second kappa shape index (κ2) is 9.07. The van der Waals surface area contributed by atoms with E-state index < -0.39 is 0 Å². The van der Waals surface area contributed by atoms with Crippen LogP contribution in [0, 0.1) is 0 Å². The maximum Gasteiger partial charge on any atom is 0.236 e. The largest absolute Gasteiger partial charge is 0.337 e. The quantitative estimate of drug-likeness (QED) is 0.388. The van der Waals surface area contributed by atoms with Crippen LogP contribution < -0.4 is 5.32 Å². The van der Waals surface area contributed by atoms with E-state index in [0.717, 1.165) is 34.1 Å². The lowest BCUT2D eigenvalue weighted by molar-refractivity contribution is -0.113. The summed E-state index contributed by atoms with van der Waals surface area (Å²) in [5, 5.41) is 6.06. The first-order valence-electron chi connectivity index (χ1n) is 9.30. The summed E-state index contributed by atoms with van der Waals surface area (Å²) in [6, 6.07) is 18.5. The summed E-state index contributed by atoms with van der Waals surface area (Å²) < 4.78 is 0. The second-order valence-electron chi connectivity index (χ2n) is 6.36. The number of hydrogen-bond donors (Lipinski definition) is 2. The first-order valence-corrected chi connectivity index (χ1v) is 11.2. The molecule has 0 saturated heterocycles. The van der Waals surface area contributed by atoms with Crippen LogP contribution in [-0.2, 0) is 11.2 Å². The standard InChI is InChI=1S/C22H20N4OS2/c1-2-15-8-10-17(11-9-15)20-25-19(16-6-4-3-5-7-16)21(26-20)29-14-18(27)24-22-23-12-13-28-22/h3-13H,2,14H2,1H3,(H,25,26)(H,23,24,27). The molecule has 0 atom stereocenters. The third kappa shape index (κ3) is 4.75. The van der Waals surface area contributed by atoms with Crippen LogP contribution in [0.5, 0.6) is 0 Å². The topological polar surface area (TPSA) is 70.7 Å². The normalized spacial score (nSPS) is 10.8. The molecule has 0 bridgehead atoms. The molecule has 0 fully saturated rings. The minimum absolute atomic E-state index is 0.0965. The number of rotatable bonds is 7. The SMILES string of the molecule is CCc1ccc(-c2nc(SCC(=O)Nc3nccs3)c(-c3ccccc3)[nH]2)cc1. The van der Waals surface area contributed by atoms with Gasteiger partial charge in [0, 0.05) is 22.7 Å². The zero-order valence-corrected chi connectivity index (χ0v) is 17.5. The van der Waals surface area contributed by atoms with Gasteiger partial charge in [-0.25, -0.2) is 9.97 Å². The number of hydrogen-bond acceptors (Lipinski definition) is 5. The molecule has 2 aromatic carbocycles. The Morgan fingerprint density at radius 1 is 1.10 bits per heavy atom. The summed E-state index contributed by atoms with van der Waals surface area (Å²) in [6.45, 7) is 2.14. The van der Waals surface area contributed by atoms with E-state index in [4.69, 9.17) is 4.98 Å². The molecule has 146 valence electrons. The summed E-state index contributed by atoms with van der Waals surface area (Å²) in [6.07, 6.45) is 2.67. The third-order valence-corrected chi connectivity index (χ3v) is 6.05. The van der Waals surface area contributed by atoms with Crippen molar-refractivity contribution in [2.75, 3.05) is 11.1 Å². The fourth-order valence-corrected chi connectivity index (χ4v) is 4.23. The number of nitrogens with one attached hydrogen (secondary N) is 2. The maximum absolute atomic E-state index is 12.3. The van der Waals surface area contributed by atoms with Crippen LogP contribution in [-0.4, -0.2) is 26.6 Å². The highest BCUT2D eigenvalue weighted by atomic mass is 32.2. The number of thiazole rings is 1. The molecule has 5 nitrogen and oxygen atoms in total. The van der Waals surface area contributed by atoms with Crippen molar-refractivity contribution in [3.63, 3.8) is 0 Å². The van der Waals surface area contributed by atoms with Crippen LogP contribution in [0.25, 0.3) is 22.6 Å². The molecule has 0 saturated carbocycles. The Hall–Kier alpha value is -2.90. The molecule has 0 aliphatic carbocycles. The van der Waals surface area contributed by atoms with Crippen LogP contribution in [0.3, 0.4) is 0 Å². The number of H-pyrrole nitrogens is 1. The number of benzene rings is 2. The number of amides is 1. The van der Waals surface area contributed by atoms with Gasteiger partial charge in [0.05, 0.1) is 11.4 Å². The van der Waals surface area contributed by atoms with Gasteiger partial charge >= 0.3 is 0 Å². The van der Waals surface area contributed by atoms with Gasteiger partial charge in [0.1, 0.15) is 10.9 Å². The average Bonchev–Trinajstić information content (AvgIpc) is 3.43. The molecule has 0 spiro atoms. The van der Waals surface area contributed by atoms with Gasteiger partial charge in [-0.15, -0.1) is 11.3 Å². The lowest BCUT2D eigenvalue weighted by Crippen LogP contribution is -2.13. The Labute approximate surface area is 177 Å². The highest BCUT2D eigenvalue weighted by Gasteiger charge is 2.16. The first kappa shape index (κ1) is 19.4. The van der Waals surface area contributed by atoms with Gasteiger partial charge < -0.3 is 10.3 Å². The molecular weight excluding hydrogens is 400 g/mol. The number of aromatic amines is 1. The number of anilines is 1. The number of aryl methyl sites for hydroxylation is 1. The molecule has 4 aromatic rings. The number of nitrogens with zero attached hydrogens (tertiary/aromatic N) is 2. The highest BCUT2D eigenvalue weighted by Crippen LogP contribution is 2.32. The minimum Gasteiger partial charge on any atom is -0.337 e. The summed E-state index contributed by atoms with van der Waals surface area (Å²) >= 11 is 2.82. The molecule has 2 N–H and O–H groups in total. The van der Waals surface area contributed by atoms with E-state index in [1.165, 1.54) is 28.7 Å². The monoisotopic (exact) mass is 420 g/mol. The van der Waals surface area contributed by atoms with E-state index >= 15 is 0 Å². The molecule has 29 heavy (non-hydrogen) atoms. The number of imidazole rings is 1. The van der Waals surface area contributed by atoms with Gasteiger partial charge in [0.25, 0.3) is 0 Å². The van der Waals surface area contributed by atoms with E-state index in [9.17, 15) is 4.79 Å². The molecule has 0 unspecified atom stereocenters. The van der Waals surface area contributed by atoms with Crippen LogP contribution >= 0.6 is 23.1 Å². The third-order valence-electron chi connectivity index (χ3n) is 4.39. The average molecular weight is 421 g/mol. The van der Waals surface area contributed by atoms with Gasteiger partial charge in [-0.05, 0) is 12.0 Å². The van der Waals surface area contributed by atoms with Crippen molar-refractivity contribution < 1.29 is 4.79 Å². The second-order valence-corrected chi connectivity index (χ2v) is 8.21. The number of carbonyl (C=O) groups excluding carboxylic acids is 1. The summed E-state index contributed by atoms with van der Waals surface area (Å²) in [4.78, 5) is 24.6. The number of thioether (sulfide) groups is 1. The van der Waals surface area contributed by atoms with E-state index in [0.29, 0.717) is 5.13 Å². The lowest BCUT2D eigenvalue weighted by Gasteiger charge is -2.03. The summed E-state index contributed by atoms with van der Waals surface area (Å²) in [5.41, 5.74) is 4.28. The molecule has 2 heterocycles. The van der Waals surface area contributed by atoms with Gasteiger partial charge in [0.15, 0.2) is 5.13 Å². The summed E-state index contributed by atoms with van der Waals surface area (Å²) in [7, 11) is 0. The first-order chi connectivity index (χ1) is 14.2. The van der Waals surface area contributed by atoms with Crippen molar-refractivity contribution in [3.05, 3.63) is 71.7 Å². The molecule has 0 radical (unpaired) electrons. The molecule has 2 aromatic heterocycles. The molecule has 0 aliphatic rings. The predicted molar refractivity (Wildman–Crippen MR) is 120 cm³/mol. The molecule has 1 amide bonds. The lowest BCUT2D eigenvalue weighted by atomic mass is 10.1. The van der Waals surface area contributed by atoms with Crippen LogP contribution in [0.15, 0.2) is 71.2 Å². The zero-order valence-electron chi connectivity index (χ0n) is 15.9.